The molecule has 0 aliphatic rings. The van der Waals surface area contributed by atoms with Crippen molar-refractivity contribution in [3.8, 4) is 23.8 Å². The van der Waals surface area contributed by atoms with Crippen LogP contribution in [0, 0.1) is 12.3 Å². The largest absolute Gasteiger partial charge is 0.493 e. The van der Waals surface area contributed by atoms with E-state index in [4.69, 9.17) is 15.9 Å². The lowest BCUT2D eigenvalue weighted by Gasteiger charge is -2.15. The van der Waals surface area contributed by atoms with Crippen LogP contribution in [-0.2, 0) is 6.54 Å². The van der Waals surface area contributed by atoms with Crippen molar-refractivity contribution in [2.75, 3.05) is 26.8 Å². The minimum atomic E-state index is -0.510. The van der Waals surface area contributed by atoms with E-state index < -0.39 is 6.10 Å². The van der Waals surface area contributed by atoms with Crippen molar-refractivity contribution in [2.45, 2.75) is 26.0 Å². The van der Waals surface area contributed by atoms with Gasteiger partial charge in [-0.1, -0.05) is 42.3 Å². The number of hydrogen-bond donors (Lipinski definition) is 3. The van der Waals surface area contributed by atoms with E-state index in [1.165, 1.54) is 0 Å². The Balaban J connectivity index is 1.95. The van der Waals surface area contributed by atoms with Gasteiger partial charge in [0.1, 0.15) is 6.61 Å². The summed E-state index contributed by atoms with van der Waals surface area (Å²) in [6, 6.07) is 15.3. The first kappa shape index (κ1) is 22.1. The number of aliphatic hydroxyl groups excluding tert-OH is 1. The number of nitrogens with one attached hydrogen (secondary N) is 2. The van der Waals surface area contributed by atoms with Gasteiger partial charge >= 0.3 is 0 Å². The molecule has 0 fully saturated rings. The first-order valence-corrected chi connectivity index (χ1v) is 9.66. The van der Waals surface area contributed by atoms with E-state index in [9.17, 15) is 5.11 Å². The van der Waals surface area contributed by atoms with Gasteiger partial charge in [-0.25, -0.2) is 4.99 Å². The maximum atomic E-state index is 10.3. The average Bonchev–Trinajstić information content (AvgIpc) is 2.76. The molecule has 0 spiro atoms. The third-order valence-electron chi connectivity index (χ3n) is 4.20. The summed E-state index contributed by atoms with van der Waals surface area (Å²) in [4.78, 5) is 4.61. The van der Waals surface area contributed by atoms with Gasteiger partial charge in [0.05, 0.1) is 19.8 Å². The number of guanidine groups is 1. The lowest BCUT2D eigenvalue weighted by Crippen LogP contribution is -2.38. The molecular weight excluding hydrogens is 366 g/mol. The second-order valence-electron chi connectivity index (χ2n) is 6.32. The van der Waals surface area contributed by atoms with Crippen LogP contribution in [0.4, 0.5) is 0 Å². The summed E-state index contributed by atoms with van der Waals surface area (Å²) >= 11 is 0. The number of ether oxygens (including phenoxy) is 2. The molecule has 6 nitrogen and oxygen atoms in total. The summed E-state index contributed by atoms with van der Waals surface area (Å²) < 4.78 is 10.8. The molecule has 2 rings (SSSR count). The van der Waals surface area contributed by atoms with E-state index in [1.54, 1.807) is 7.11 Å². The van der Waals surface area contributed by atoms with Crippen LogP contribution in [0.1, 0.15) is 30.6 Å². The smallest absolute Gasteiger partial charge is 0.191 e. The Hall–Kier alpha value is -3.17. The fraction of sp³-hybridized carbons (Fsp3) is 0.348. The molecule has 0 amide bonds. The van der Waals surface area contributed by atoms with Gasteiger partial charge in [-0.05, 0) is 36.6 Å². The highest BCUT2D eigenvalue weighted by molar-refractivity contribution is 5.79. The van der Waals surface area contributed by atoms with Crippen LogP contribution >= 0.6 is 0 Å². The van der Waals surface area contributed by atoms with Crippen molar-refractivity contribution < 1.29 is 14.6 Å². The Morgan fingerprint density at radius 3 is 2.66 bits per heavy atom. The summed E-state index contributed by atoms with van der Waals surface area (Å²) in [5.74, 6) is 4.37. The van der Waals surface area contributed by atoms with Crippen LogP contribution in [-0.4, -0.2) is 37.9 Å². The van der Waals surface area contributed by atoms with Crippen LogP contribution < -0.4 is 20.1 Å². The van der Waals surface area contributed by atoms with E-state index in [-0.39, 0.29) is 6.61 Å². The molecule has 0 saturated heterocycles. The average molecular weight is 396 g/mol. The summed E-state index contributed by atoms with van der Waals surface area (Å²) in [6.45, 7) is 3.99. The van der Waals surface area contributed by atoms with E-state index >= 15 is 0 Å². The van der Waals surface area contributed by atoms with Crippen molar-refractivity contribution >= 4 is 5.96 Å². The number of benzene rings is 2. The van der Waals surface area contributed by atoms with Crippen LogP contribution in [0.15, 0.2) is 53.5 Å². The lowest BCUT2D eigenvalue weighted by molar-refractivity contribution is 0.168. The highest BCUT2D eigenvalue weighted by Gasteiger charge is 2.08. The van der Waals surface area contributed by atoms with Gasteiger partial charge in [0, 0.05) is 13.1 Å². The second-order valence-corrected chi connectivity index (χ2v) is 6.32. The highest BCUT2D eigenvalue weighted by Crippen LogP contribution is 2.28. The third kappa shape index (κ3) is 7.40. The normalized spacial score (nSPS) is 12.0. The molecule has 0 heterocycles. The Morgan fingerprint density at radius 2 is 1.97 bits per heavy atom. The van der Waals surface area contributed by atoms with Gasteiger partial charge in [-0.2, -0.15) is 0 Å². The van der Waals surface area contributed by atoms with E-state index in [0.29, 0.717) is 37.0 Å². The van der Waals surface area contributed by atoms with Gasteiger partial charge in [-0.15, -0.1) is 6.42 Å². The molecule has 0 saturated carbocycles. The SMILES string of the molecule is C#CCOc1cc(CN=C(NCC)NCCC(O)c2ccccc2)ccc1OC. The van der Waals surface area contributed by atoms with Crippen molar-refractivity contribution in [2.24, 2.45) is 4.99 Å². The zero-order chi connectivity index (χ0) is 20.9. The third-order valence-corrected chi connectivity index (χ3v) is 4.20. The predicted octanol–water partition coefficient (Wildman–Crippen LogP) is 2.89. The van der Waals surface area contributed by atoms with Crippen molar-refractivity contribution in [3.63, 3.8) is 0 Å². The number of hydrogen-bond acceptors (Lipinski definition) is 4. The minimum absolute atomic E-state index is 0.178. The zero-order valence-corrected chi connectivity index (χ0v) is 17.0. The molecule has 0 radical (unpaired) electrons. The summed E-state index contributed by atoms with van der Waals surface area (Å²) in [6.07, 6.45) is 5.34. The molecule has 0 aromatic heterocycles. The Morgan fingerprint density at radius 1 is 1.17 bits per heavy atom. The second kappa shape index (κ2) is 12.3. The molecule has 1 atom stereocenters. The van der Waals surface area contributed by atoms with E-state index in [0.717, 1.165) is 17.7 Å². The minimum Gasteiger partial charge on any atom is -0.493 e. The maximum absolute atomic E-state index is 10.3. The Bertz CT molecular complexity index is 816. The van der Waals surface area contributed by atoms with Gasteiger partial charge in [0.2, 0.25) is 0 Å². The molecule has 0 bridgehead atoms. The maximum Gasteiger partial charge on any atom is 0.191 e. The molecular formula is C23H29N3O3. The summed E-state index contributed by atoms with van der Waals surface area (Å²) in [5.41, 5.74) is 1.88. The number of methoxy groups -OCH3 is 1. The topological polar surface area (TPSA) is 75.1 Å². The monoisotopic (exact) mass is 395 g/mol. The number of rotatable bonds is 10. The highest BCUT2D eigenvalue weighted by atomic mass is 16.5. The molecule has 2 aromatic carbocycles. The van der Waals surface area contributed by atoms with Gasteiger partial charge in [-0.3, -0.25) is 0 Å². The lowest BCUT2D eigenvalue weighted by atomic mass is 10.1. The number of nitrogens with zero attached hydrogens (tertiary/aromatic N) is 1. The van der Waals surface area contributed by atoms with Crippen LogP contribution in [0.2, 0.25) is 0 Å². The molecule has 0 aliphatic heterocycles. The summed E-state index contributed by atoms with van der Waals surface area (Å²) in [5, 5.41) is 16.8. The molecule has 154 valence electrons. The Labute approximate surface area is 173 Å². The van der Waals surface area contributed by atoms with E-state index in [2.05, 4.69) is 21.5 Å². The van der Waals surface area contributed by atoms with Gasteiger partial charge < -0.3 is 25.2 Å². The van der Waals surface area contributed by atoms with Crippen LogP contribution in [0.5, 0.6) is 11.5 Å². The molecule has 3 N–H and O–H groups in total. The molecule has 6 heteroatoms. The van der Waals surface area contributed by atoms with Crippen molar-refractivity contribution in [3.05, 3.63) is 59.7 Å². The first-order valence-electron chi connectivity index (χ1n) is 9.66. The quantitative estimate of drug-likeness (QED) is 0.328. The summed E-state index contributed by atoms with van der Waals surface area (Å²) in [7, 11) is 1.59. The Kier molecular flexibility index (Phi) is 9.40. The van der Waals surface area contributed by atoms with Crippen LogP contribution in [0.3, 0.4) is 0 Å². The van der Waals surface area contributed by atoms with Crippen molar-refractivity contribution in [1.29, 1.82) is 0 Å². The molecule has 29 heavy (non-hydrogen) atoms. The molecule has 2 aromatic rings. The predicted molar refractivity (Wildman–Crippen MR) is 116 cm³/mol. The number of aliphatic hydroxyl groups is 1. The number of terminal acetylenes is 1. The fourth-order valence-corrected chi connectivity index (χ4v) is 2.73. The van der Waals surface area contributed by atoms with Crippen molar-refractivity contribution in [1.82, 2.24) is 10.6 Å². The van der Waals surface area contributed by atoms with Gasteiger partial charge in [0.25, 0.3) is 0 Å². The fourth-order valence-electron chi connectivity index (χ4n) is 2.73. The van der Waals surface area contributed by atoms with Crippen LogP contribution in [0.25, 0.3) is 0 Å². The van der Waals surface area contributed by atoms with Gasteiger partial charge in [0.15, 0.2) is 17.5 Å². The first-order chi connectivity index (χ1) is 14.2. The van der Waals surface area contributed by atoms with E-state index in [1.807, 2.05) is 55.5 Å². The molecule has 1 unspecified atom stereocenters. The molecule has 0 aliphatic carbocycles. The number of aliphatic imine (C=N–C) groups is 1. The standard InChI is InChI=1S/C23H29N3O3/c1-4-15-29-22-16-18(11-12-21(22)28-3)17-26-23(24-5-2)25-14-13-20(27)19-9-7-6-8-10-19/h1,6-12,16,20,27H,5,13-15,17H2,2-3H3,(H2,24,25,26). The zero-order valence-electron chi connectivity index (χ0n) is 17.0.